The Kier molecular flexibility index (Phi) is 3.27. The molecule has 3 fully saturated rings. The van der Waals surface area contributed by atoms with Gasteiger partial charge in [0.05, 0.1) is 0 Å². The number of piperazine rings is 1. The molecule has 2 aliphatic heterocycles. The van der Waals surface area contributed by atoms with Crippen molar-refractivity contribution in [2.75, 3.05) is 6.54 Å². The molecule has 2 heterocycles. The van der Waals surface area contributed by atoms with Gasteiger partial charge >= 0.3 is 0 Å². The Morgan fingerprint density at radius 1 is 1.16 bits per heavy atom. The van der Waals surface area contributed by atoms with Crippen LogP contribution in [0.2, 0.25) is 0 Å². The Hall–Kier alpha value is -1.06. The lowest BCUT2D eigenvalue weighted by Gasteiger charge is -2.52. The molecule has 4 nitrogen and oxygen atoms in total. The smallest absolute Gasteiger partial charge is 0.246 e. The lowest BCUT2D eigenvalue weighted by molar-refractivity contribution is -0.169. The van der Waals surface area contributed by atoms with Crippen LogP contribution in [0.3, 0.4) is 0 Å². The summed E-state index contributed by atoms with van der Waals surface area (Å²) in [5.41, 5.74) is 0. The van der Waals surface area contributed by atoms with E-state index in [0.717, 1.165) is 45.1 Å². The van der Waals surface area contributed by atoms with E-state index in [4.69, 9.17) is 0 Å². The van der Waals surface area contributed by atoms with Gasteiger partial charge in [-0.1, -0.05) is 13.8 Å². The third-order valence-electron chi connectivity index (χ3n) is 5.08. The van der Waals surface area contributed by atoms with Crippen molar-refractivity contribution in [1.29, 1.82) is 0 Å². The first kappa shape index (κ1) is 12.9. The van der Waals surface area contributed by atoms with Gasteiger partial charge in [0, 0.05) is 12.6 Å². The zero-order chi connectivity index (χ0) is 13.6. The van der Waals surface area contributed by atoms with Crippen LogP contribution in [-0.2, 0) is 9.59 Å². The summed E-state index contributed by atoms with van der Waals surface area (Å²) in [5, 5.41) is 0. The van der Waals surface area contributed by atoms with E-state index in [1.165, 1.54) is 0 Å². The van der Waals surface area contributed by atoms with Gasteiger partial charge in [0.15, 0.2) is 0 Å². The van der Waals surface area contributed by atoms with Crippen molar-refractivity contribution in [3.8, 4) is 0 Å². The summed E-state index contributed by atoms with van der Waals surface area (Å²) in [6.07, 6.45) is 5.88. The van der Waals surface area contributed by atoms with E-state index in [1.807, 2.05) is 16.7 Å². The van der Waals surface area contributed by atoms with Crippen LogP contribution in [0.25, 0.3) is 0 Å². The number of amides is 2. The van der Waals surface area contributed by atoms with Crippen LogP contribution >= 0.6 is 0 Å². The lowest BCUT2D eigenvalue weighted by atomic mass is 9.78. The zero-order valence-corrected chi connectivity index (χ0v) is 12.0. The van der Waals surface area contributed by atoms with Gasteiger partial charge in [0.1, 0.15) is 12.1 Å². The second-order valence-corrected chi connectivity index (χ2v) is 6.44. The molecule has 3 aliphatic rings. The summed E-state index contributed by atoms with van der Waals surface area (Å²) < 4.78 is 0. The van der Waals surface area contributed by atoms with Crippen LogP contribution in [0.15, 0.2) is 0 Å². The van der Waals surface area contributed by atoms with Gasteiger partial charge in [-0.2, -0.15) is 0 Å². The second kappa shape index (κ2) is 4.80. The van der Waals surface area contributed by atoms with Crippen LogP contribution < -0.4 is 0 Å². The number of hydrogen-bond donors (Lipinski definition) is 0. The minimum atomic E-state index is -0.195. The molecule has 1 saturated carbocycles. The van der Waals surface area contributed by atoms with Crippen LogP contribution in [0.4, 0.5) is 0 Å². The molecule has 2 atom stereocenters. The molecule has 106 valence electrons. The maximum atomic E-state index is 12.7. The Balaban J connectivity index is 1.85. The van der Waals surface area contributed by atoms with Crippen LogP contribution in [0.1, 0.15) is 52.4 Å². The van der Waals surface area contributed by atoms with Crippen molar-refractivity contribution < 1.29 is 9.59 Å². The van der Waals surface area contributed by atoms with E-state index in [9.17, 15) is 9.59 Å². The van der Waals surface area contributed by atoms with Crippen molar-refractivity contribution in [3.63, 3.8) is 0 Å². The van der Waals surface area contributed by atoms with Gasteiger partial charge in [-0.15, -0.1) is 0 Å². The fourth-order valence-electron chi connectivity index (χ4n) is 3.98. The fraction of sp³-hybridized carbons (Fsp3) is 0.867. The number of carbonyl (C=O) groups excluding carboxylic acids is 2. The maximum Gasteiger partial charge on any atom is 0.246 e. The number of hydrogen-bond acceptors (Lipinski definition) is 2. The summed E-state index contributed by atoms with van der Waals surface area (Å²) in [6.45, 7) is 5.02. The monoisotopic (exact) mass is 264 g/mol. The number of carbonyl (C=O) groups is 2. The summed E-state index contributed by atoms with van der Waals surface area (Å²) in [4.78, 5) is 29.2. The number of rotatable bonds is 2. The Morgan fingerprint density at radius 3 is 2.53 bits per heavy atom. The van der Waals surface area contributed by atoms with E-state index in [1.54, 1.807) is 0 Å². The maximum absolute atomic E-state index is 12.7. The number of piperidine rings is 1. The molecule has 2 amide bonds. The molecule has 0 aromatic rings. The molecule has 0 radical (unpaired) electrons. The van der Waals surface area contributed by atoms with Gasteiger partial charge < -0.3 is 9.80 Å². The SMILES string of the molecule is CCC1C(=O)N2CCCCC2C(=O)N1C1CC(C)C1. The highest BCUT2D eigenvalue weighted by atomic mass is 16.2. The average molecular weight is 264 g/mol. The first-order valence-corrected chi connectivity index (χ1v) is 7.76. The van der Waals surface area contributed by atoms with Gasteiger partial charge in [0.25, 0.3) is 0 Å². The largest absolute Gasteiger partial charge is 0.329 e. The third kappa shape index (κ3) is 1.96. The standard InChI is InChI=1S/C15H24N2O2/c1-3-12-14(18)16-7-5-4-6-13(16)15(19)17(12)11-8-10(2)9-11/h10-13H,3-9H2,1-2H3. The van der Waals surface area contributed by atoms with Crippen molar-refractivity contribution in [2.24, 2.45) is 5.92 Å². The molecule has 0 spiro atoms. The molecule has 0 aromatic carbocycles. The highest BCUT2D eigenvalue weighted by molar-refractivity contribution is 5.97. The van der Waals surface area contributed by atoms with Gasteiger partial charge in [-0.25, -0.2) is 0 Å². The lowest BCUT2D eigenvalue weighted by Crippen LogP contribution is -2.68. The van der Waals surface area contributed by atoms with Crippen molar-refractivity contribution in [1.82, 2.24) is 9.80 Å². The molecule has 0 aromatic heterocycles. The molecular weight excluding hydrogens is 240 g/mol. The number of nitrogens with zero attached hydrogens (tertiary/aromatic N) is 2. The minimum Gasteiger partial charge on any atom is -0.329 e. The third-order valence-corrected chi connectivity index (χ3v) is 5.08. The normalized spacial score (nSPS) is 39.1. The molecule has 3 rings (SSSR count). The zero-order valence-electron chi connectivity index (χ0n) is 12.0. The van der Waals surface area contributed by atoms with Crippen molar-refractivity contribution >= 4 is 11.8 Å². The minimum absolute atomic E-state index is 0.153. The molecule has 19 heavy (non-hydrogen) atoms. The predicted molar refractivity (Wildman–Crippen MR) is 72.5 cm³/mol. The van der Waals surface area contributed by atoms with Crippen molar-refractivity contribution in [2.45, 2.75) is 70.5 Å². The average Bonchev–Trinajstić information content (AvgIpc) is 2.39. The Morgan fingerprint density at radius 2 is 1.89 bits per heavy atom. The fourth-order valence-corrected chi connectivity index (χ4v) is 3.98. The van der Waals surface area contributed by atoms with Gasteiger partial charge in [0.2, 0.25) is 11.8 Å². The topological polar surface area (TPSA) is 40.6 Å². The summed E-state index contributed by atoms with van der Waals surface area (Å²) in [5.74, 6) is 1.13. The van der Waals surface area contributed by atoms with Gasteiger partial charge in [-0.3, -0.25) is 9.59 Å². The van der Waals surface area contributed by atoms with E-state index >= 15 is 0 Å². The highest BCUT2D eigenvalue weighted by Gasteiger charge is 2.49. The van der Waals surface area contributed by atoms with E-state index in [0.29, 0.717) is 12.0 Å². The molecule has 1 aliphatic carbocycles. The molecule has 0 N–H and O–H groups in total. The van der Waals surface area contributed by atoms with Crippen LogP contribution in [0.5, 0.6) is 0 Å². The quantitative estimate of drug-likeness (QED) is 0.763. The highest BCUT2D eigenvalue weighted by Crippen LogP contribution is 2.37. The first-order valence-electron chi connectivity index (χ1n) is 7.76. The Labute approximate surface area is 115 Å². The van der Waals surface area contributed by atoms with Crippen molar-refractivity contribution in [3.05, 3.63) is 0 Å². The summed E-state index contributed by atoms with van der Waals surface area (Å²) in [6, 6.07) is -0.0280. The molecule has 2 saturated heterocycles. The molecule has 4 heteroatoms. The predicted octanol–water partition coefficient (Wildman–Crippen LogP) is 1.79. The van der Waals surface area contributed by atoms with Crippen LogP contribution in [-0.4, -0.2) is 46.3 Å². The Bertz CT molecular complexity index is 390. The van der Waals surface area contributed by atoms with E-state index in [2.05, 4.69) is 6.92 Å². The summed E-state index contributed by atoms with van der Waals surface area (Å²) in [7, 11) is 0. The van der Waals surface area contributed by atoms with Crippen LogP contribution in [0, 0.1) is 5.92 Å². The summed E-state index contributed by atoms with van der Waals surface area (Å²) >= 11 is 0. The second-order valence-electron chi connectivity index (χ2n) is 6.44. The molecule has 2 unspecified atom stereocenters. The molecular formula is C15H24N2O2. The van der Waals surface area contributed by atoms with E-state index in [-0.39, 0.29) is 23.9 Å². The first-order chi connectivity index (χ1) is 9.13. The molecule has 0 bridgehead atoms. The number of fused-ring (bicyclic) bond motifs is 1. The van der Waals surface area contributed by atoms with Gasteiger partial charge in [-0.05, 0) is 44.4 Å². The van der Waals surface area contributed by atoms with E-state index < -0.39 is 0 Å².